The van der Waals surface area contributed by atoms with Crippen LogP contribution < -0.4 is 0 Å². The second-order valence-electron chi connectivity index (χ2n) is 9.12. The number of halogens is 1. The molecule has 4 rings (SSSR count). The topological polar surface area (TPSA) is 83.4 Å². The second kappa shape index (κ2) is 11.1. The van der Waals surface area contributed by atoms with Crippen LogP contribution in [0.15, 0.2) is 72.8 Å². The summed E-state index contributed by atoms with van der Waals surface area (Å²) < 4.78 is 13.2. The van der Waals surface area contributed by atoms with E-state index in [1.165, 1.54) is 12.1 Å². The second-order valence-corrected chi connectivity index (χ2v) is 9.12. The molecule has 0 fully saturated rings. The number of rotatable bonds is 9. The number of aryl methyl sites for hydroxylation is 1. The van der Waals surface area contributed by atoms with Crippen molar-refractivity contribution in [3.8, 4) is 11.3 Å². The van der Waals surface area contributed by atoms with Crippen molar-refractivity contribution in [1.29, 1.82) is 0 Å². The third-order valence-corrected chi connectivity index (χ3v) is 6.11. The summed E-state index contributed by atoms with van der Waals surface area (Å²) in [6, 6.07) is 21.1. The van der Waals surface area contributed by atoms with E-state index in [0.29, 0.717) is 36.0 Å². The zero-order valence-corrected chi connectivity index (χ0v) is 20.3. The van der Waals surface area contributed by atoms with Gasteiger partial charge < -0.3 is 10.0 Å². The summed E-state index contributed by atoms with van der Waals surface area (Å²) in [4.78, 5) is 35.5. The molecule has 1 amide bonds. The van der Waals surface area contributed by atoms with Crippen LogP contribution in [-0.2, 0) is 17.8 Å². The Labute approximate surface area is 209 Å². The molecular formula is C29H28FN3O3. The highest BCUT2D eigenvalue weighted by atomic mass is 19.1. The number of nitrogens with zero attached hydrogens (tertiary/aromatic N) is 3. The van der Waals surface area contributed by atoms with E-state index in [9.17, 15) is 14.0 Å². The first-order valence-corrected chi connectivity index (χ1v) is 11.9. The van der Waals surface area contributed by atoms with Crippen LogP contribution in [0, 0.1) is 11.7 Å². The van der Waals surface area contributed by atoms with E-state index < -0.39 is 5.97 Å². The lowest BCUT2D eigenvalue weighted by atomic mass is 9.98. The van der Waals surface area contributed by atoms with Crippen LogP contribution in [-0.4, -0.2) is 38.9 Å². The summed E-state index contributed by atoms with van der Waals surface area (Å²) >= 11 is 0. The van der Waals surface area contributed by atoms with Crippen molar-refractivity contribution in [1.82, 2.24) is 14.9 Å². The molecule has 0 bridgehead atoms. The molecule has 0 aliphatic heterocycles. The van der Waals surface area contributed by atoms with Crippen molar-refractivity contribution in [2.75, 3.05) is 7.05 Å². The summed E-state index contributed by atoms with van der Waals surface area (Å²) in [5.41, 5.74) is 5.07. The Balaban J connectivity index is 1.63. The van der Waals surface area contributed by atoms with Crippen LogP contribution in [0.5, 0.6) is 0 Å². The zero-order chi connectivity index (χ0) is 25.7. The van der Waals surface area contributed by atoms with Crippen LogP contribution in [0.2, 0.25) is 0 Å². The monoisotopic (exact) mass is 485 g/mol. The van der Waals surface area contributed by atoms with E-state index in [4.69, 9.17) is 15.1 Å². The summed E-state index contributed by atoms with van der Waals surface area (Å²) in [5, 5.41) is 9.11. The van der Waals surface area contributed by atoms with Crippen LogP contribution in [0.1, 0.15) is 41.4 Å². The van der Waals surface area contributed by atoms with Crippen molar-refractivity contribution >= 4 is 22.9 Å². The molecule has 0 aliphatic rings. The first kappa shape index (κ1) is 25.0. The number of carbonyl (C=O) groups is 2. The molecule has 0 saturated heterocycles. The average molecular weight is 486 g/mol. The molecule has 1 atom stereocenters. The molecule has 6 nitrogen and oxygen atoms in total. The lowest BCUT2D eigenvalue weighted by Crippen LogP contribution is -2.26. The Bertz CT molecular complexity index is 1370. The Hall–Kier alpha value is -4.13. The van der Waals surface area contributed by atoms with Gasteiger partial charge in [-0.25, -0.2) is 14.4 Å². The fraction of sp³-hybridized carbons (Fsp3) is 0.241. The van der Waals surface area contributed by atoms with Gasteiger partial charge in [0.2, 0.25) is 0 Å². The molecule has 7 heteroatoms. The number of aromatic nitrogens is 2. The number of carbonyl (C=O) groups excluding carboxylic acids is 1. The minimum Gasteiger partial charge on any atom is -0.481 e. The van der Waals surface area contributed by atoms with Gasteiger partial charge in [0.05, 0.1) is 22.4 Å². The van der Waals surface area contributed by atoms with Gasteiger partial charge in [0.15, 0.2) is 0 Å². The highest BCUT2D eigenvalue weighted by molar-refractivity contribution is 5.97. The molecule has 0 unspecified atom stereocenters. The lowest BCUT2D eigenvalue weighted by molar-refractivity contribution is -0.138. The maximum Gasteiger partial charge on any atom is 0.303 e. The number of hydrogen-bond donors (Lipinski definition) is 1. The molecule has 0 saturated carbocycles. The molecule has 3 aromatic carbocycles. The molecule has 1 aromatic heterocycles. The van der Waals surface area contributed by atoms with Gasteiger partial charge in [0.25, 0.3) is 5.91 Å². The fourth-order valence-corrected chi connectivity index (χ4v) is 4.16. The molecule has 0 spiro atoms. The Morgan fingerprint density at radius 3 is 2.39 bits per heavy atom. The van der Waals surface area contributed by atoms with Crippen molar-refractivity contribution in [3.05, 3.63) is 95.4 Å². The molecular weight excluding hydrogens is 457 g/mol. The Morgan fingerprint density at radius 2 is 1.69 bits per heavy atom. The number of carboxylic acids is 1. The van der Waals surface area contributed by atoms with E-state index >= 15 is 0 Å². The highest BCUT2D eigenvalue weighted by Crippen LogP contribution is 2.26. The van der Waals surface area contributed by atoms with Crippen LogP contribution in [0.4, 0.5) is 4.39 Å². The van der Waals surface area contributed by atoms with E-state index in [0.717, 1.165) is 22.5 Å². The minimum absolute atomic E-state index is 0.00311. The van der Waals surface area contributed by atoms with Gasteiger partial charge >= 0.3 is 5.97 Å². The highest BCUT2D eigenvalue weighted by Gasteiger charge is 2.17. The number of benzene rings is 3. The quantitative estimate of drug-likeness (QED) is 0.326. The van der Waals surface area contributed by atoms with Gasteiger partial charge in [-0.1, -0.05) is 49.4 Å². The van der Waals surface area contributed by atoms with E-state index in [-0.39, 0.29) is 24.1 Å². The lowest BCUT2D eigenvalue weighted by Gasteiger charge is -2.18. The van der Waals surface area contributed by atoms with Crippen molar-refractivity contribution in [2.45, 2.75) is 32.7 Å². The van der Waals surface area contributed by atoms with Gasteiger partial charge in [0, 0.05) is 31.1 Å². The SMILES string of the molecule is C[C@H](CCc1nc2cc(C(=O)N(C)Cc3ccc(F)cc3)ccc2nc1-c1ccccc1)CC(=O)O. The van der Waals surface area contributed by atoms with Gasteiger partial charge in [-0.15, -0.1) is 0 Å². The smallest absolute Gasteiger partial charge is 0.303 e. The van der Waals surface area contributed by atoms with Crippen LogP contribution in [0.3, 0.4) is 0 Å². The van der Waals surface area contributed by atoms with Crippen molar-refractivity contribution in [3.63, 3.8) is 0 Å². The predicted octanol–water partition coefficient (Wildman–Crippen LogP) is 5.75. The van der Waals surface area contributed by atoms with E-state index in [1.54, 1.807) is 42.3 Å². The fourth-order valence-electron chi connectivity index (χ4n) is 4.16. The van der Waals surface area contributed by atoms with Gasteiger partial charge in [0.1, 0.15) is 5.82 Å². The average Bonchev–Trinajstić information content (AvgIpc) is 2.87. The normalized spacial score (nSPS) is 11.9. The summed E-state index contributed by atoms with van der Waals surface area (Å²) in [6.07, 6.45) is 1.33. The molecule has 0 radical (unpaired) electrons. The van der Waals surface area contributed by atoms with Crippen LogP contribution in [0.25, 0.3) is 22.3 Å². The zero-order valence-electron chi connectivity index (χ0n) is 20.3. The molecule has 0 aliphatic carbocycles. The third kappa shape index (κ3) is 6.10. The summed E-state index contributed by atoms with van der Waals surface area (Å²) in [5.74, 6) is -1.31. The third-order valence-electron chi connectivity index (χ3n) is 6.11. The van der Waals surface area contributed by atoms with Crippen molar-refractivity contribution < 1.29 is 19.1 Å². The molecule has 184 valence electrons. The first-order valence-electron chi connectivity index (χ1n) is 11.9. The summed E-state index contributed by atoms with van der Waals surface area (Å²) in [7, 11) is 1.70. The molecule has 1 heterocycles. The first-order chi connectivity index (χ1) is 17.3. The maximum atomic E-state index is 13.2. The Morgan fingerprint density at radius 1 is 0.972 bits per heavy atom. The number of carboxylic acid groups (broad SMARTS) is 1. The van der Waals surface area contributed by atoms with Crippen LogP contribution >= 0.6 is 0 Å². The molecule has 1 N–H and O–H groups in total. The molecule has 36 heavy (non-hydrogen) atoms. The van der Waals surface area contributed by atoms with Gasteiger partial charge in [-0.3, -0.25) is 9.59 Å². The van der Waals surface area contributed by atoms with E-state index in [2.05, 4.69) is 0 Å². The number of fused-ring (bicyclic) bond motifs is 1. The maximum absolute atomic E-state index is 13.2. The summed E-state index contributed by atoms with van der Waals surface area (Å²) in [6.45, 7) is 2.26. The van der Waals surface area contributed by atoms with Gasteiger partial charge in [-0.2, -0.15) is 0 Å². The standard InChI is InChI=1S/C29H28FN3O3/c1-19(16-27(34)35)8-14-25-28(21-6-4-3-5-7-21)32-24-15-11-22(17-26(24)31-25)29(36)33(2)18-20-9-12-23(30)13-10-20/h3-7,9-13,15,17,19H,8,14,16,18H2,1-2H3,(H,34,35)/t19-/m1/s1. The van der Waals surface area contributed by atoms with E-state index in [1.807, 2.05) is 37.3 Å². The Kier molecular flexibility index (Phi) is 7.68. The minimum atomic E-state index is -0.816. The van der Waals surface area contributed by atoms with Crippen molar-refractivity contribution in [2.24, 2.45) is 5.92 Å². The number of amides is 1. The number of aliphatic carboxylic acids is 1. The largest absolute Gasteiger partial charge is 0.481 e. The van der Waals surface area contributed by atoms with Gasteiger partial charge in [-0.05, 0) is 54.7 Å². The molecule has 4 aromatic rings. The number of hydrogen-bond acceptors (Lipinski definition) is 4. The predicted molar refractivity (Wildman–Crippen MR) is 137 cm³/mol.